The van der Waals surface area contributed by atoms with E-state index in [1.54, 1.807) is 0 Å². The number of nitrogens with zero attached hydrogens (tertiary/aromatic N) is 4. The van der Waals surface area contributed by atoms with Crippen LogP contribution in [0.1, 0.15) is 42.6 Å². The normalized spacial score (nSPS) is 17.4. The van der Waals surface area contributed by atoms with E-state index in [1.807, 2.05) is 12.3 Å². The second-order valence-corrected chi connectivity index (χ2v) is 8.67. The van der Waals surface area contributed by atoms with Crippen molar-refractivity contribution >= 4 is 11.9 Å². The van der Waals surface area contributed by atoms with Crippen LogP contribution >= 0.6 is 0 Å². The number of halogens is 6. The number of carboxylic acid groups (broad SMARTS) is 2. The quantitative estimate of drug-likeness (QED) is 0.492. The van der Waals surface area contributed by atoms with Crippen LogP contribution in [0.5, 0.6) is 0 Å². The molecule has 15 heteroatoms. The van der Waals surface area contributed by atoms with Gasteiger partial charge in [0.2, 0.25) is 0 Å². The highest BCUT2D eigenvalue weighted by Crippen LogP contribution is 2.31. The van der Waals surface area contributed by atoms with Crippen LogP contribution < -0.4 is 0 Å². The van der Waals surface area contributed by atoms with Crippen molar-refractivity contribution in [3.63, 3.8) is 0 Å². The van der Waals surface area contributed by atoms with E-state index in [0.717, 1.165) is 51.0 Å². The monoisotopic (exact) mass is 554 g/mol. The smallest absolute Gasteiger partial charge is 0.475 e. The Balaban J connectivity index is 0.000000301. The average molecular weight is 554 g/mol. The molecule has 1 aliphatic heterocycles. The number of ether oxygens (including phenoxy) is 1. The summed E-state index contributed by atoms with van der Waals surface area (Å²) in [7, 11) is 0. The van der Waals surface area contributed by atoms with Gasteiger partial charge >= 0.3 is 24.3 Å². The molecule has 0 bridgehead atoms. The number of aromatic nitrogens is 3. The lowest BCUT2D eigenvalue weighted by molar-refractivity contribution is -0.193. The van der Waals surface area contributed by atoms with Crippen LogP contribution in [0.4, 0.5) is 26.3 Å². The second kappa shape index (κ2) is 13.6. The van der Waals surface area contributed by atoms with Gasteiger partial charge in [-0.2, -0.15) is 31.4 Å². The molecule has 0 saturated heterocycles. The first kappa shape index (κ1) is 31.0. The summed E-state index contributed by atoms with van der Waals surface area (Å²) >= 11 is 0. The summed E-state index contributed by atoms with van der Waals surface area (Å²) < 4.78 is 71.5. The van der Waals surface area contributed by atoms with Crippen molar-refractivity contribution in [3.8, 4) is 0 Å². The van der Waals surface area contributed by atoms with Crippen LogP contribution in [0.2, 0.25) is 0 Å². The first-order chi connectivity index (χ1) is 17.7. The number of aliphatic carboxylic acids is 2. The molecular weight excluding hydrogens is 526 g/mol. The summed E-state index contributed by atoms with van der Waals surface area (Å²) in [6.45, 7) is 7.59. The van der Waals surface area contributed by atoms with Crippen LogP contribution in [-0.4, -0.2) is 73.9 Å². The van der Waals surface area contributed by atoms with Crippen LogP contribution in [0.3, 0.4) is 0 Å². The molecule has 2 aliphatic rings. The minimum Gasteiger partial charge on any atom is -0.475 e. The number of carbonyl (C=O) groups is 2. The molecule has 38 heavy (non-hydrogen) atoms. The van der Waals surface area contributed by atoms with Crippen LogP contribution in [0.25, 0.3) is 0 Å². The van der Waals surface area contributed by atoms with E-state index in [9.17, 15) is 26.3 Å². The molecule has 3 heterocycles. The predicted octanol–water partition coefficient (Wildman–Crippen LogP) is 4.09. The first-order valence-electron chi connectivity index (χ1n) is 11.6. The number of rotatable bonds is 7. The van der Waals surface area contributed by atoms with Gasteiger partial charge in [0.25, 0.3) is 0 Å². The topological polar surface area (TPSA) is 118 Å². The molecule has 2 N–H and O–H groups in total. The average Bonchev–Trinajstić information content (AvgIpc) is 3.55. The van der Waals surface area contributed by atoms with Gasteiger partial charge in [-0.1, -0.05) is 6.07 Å². The zero-order valence-electron chi connectivity index (χ0n) is 20.4. The lowest BCUT2D eigenvalue weighted by Gasteiger charge is -2.31. The molecule has 1 fully saturated rings. The lowest BCUT2D eigenvalue weighted by Crippen LogP contribution is -2.35. The minimum atomic E-state index is -5.08. The third kappa shape index (κ3) is 10.7. The Hall–Kier alpha value is -3.20. The third-order valence-electron chi connectivity index (χ3n) is 5.42. The predicted molar refractivity (Wildman–Crippen MR) is 120 cm³/mol. The Morgan fingerprint density at radius 3 is 2.13 bits per heavy atom. The SMILES string of the molecule is CCn1cc2c(n1)C(COCC1CC1)CN(Cc1ccccn1)C2.O=C(O)C(F)(F)F.O=C(O)C(F)(F)F. The van der Waals surface area contributed by atoms with E-state index in [2.05, 4.69) is 39.8 Å². The molecule has 1 unspecified atom stereocenters. The fourth-order valence-electron chi connectivity index (χ4n) is 3.44. The van der Waals surface area contributed by atoms with E-state index in [-0.39, 0.29) is 0 Å². The molecule has 0 radical (unpaired) electrons. The van der Waals surface area contributed by atoms with Crippen molar-refractivity contribution in [2.75, 3.05) is 19.8 Å². The van der Waals surface area contributed by atoms with Gasteiger partial charge in [0.05, 0.1) is 18.0 Å². The zero-order valence-corrected chi connectivity index (χ0v) is 20.4. The number of alkyl halides is 6. The molecular formula is C23H28F6N4O5. The van der Waals surface area contributed by atoms with Gasteiger partial charge in [0.1, 0.15) is 0 Å². The highest BCUT2D eigenvalue weighted by molar-refractivity contribution is 5.73. The molecule has 1 saturated carbocycles. The van der Waals surface area contributed by atoms with E-state index in [0.29, 0.717) is 5.92 Å². The van der Waals surface area contributed by atoms with E-state index in [4.69, 9.17) is 29.6 Å². The van der Waals surface area contributed by atoms with Crippen molar-refractivity contribution in [3.05, 3.63) is 47.5 Å². The standard InChI is InChI=1S/C19H26N4O.2C2HF3O2/c1-2-23-11-16-9-22(12-18-5-3-4-8-20-18)10-17(19(16)21-23)14-24-13-15-6-7-15;2*3-2(4,5)1(6)7/h3-5,8,11,15,17H,2,6-7,9-10,12-14H2,1H3;2*(H,6,7). The molecule has 0 spiro atoms. The first-order valence-corrected chi connectivity index (χ1v) is 11.6. The Morgan fingerprint density at radius 2 is 1.66 bits per heavy atom. The van der Waals surface area contributed by atoms with Crippen LogP contribution in [-0.2, 0) is 34.0 Å². The molecule has 9 nitrogen and oxygen atoms in total. The molecule has 2 aromatic heterocycles. The lowest BCUT2D eigenvalue weighted by atomic mass is 9.97. The maximum atomic E-state index is 10.6. The fraction of sp³-hybridized carbons (Fsp3) is 0.565. The van der Waals surface area contributed by atoms with E-state index >= 15 is 0 Å². The van der Waals surface area contributed by atoms with Crippen molar-refractivity contribution in [2.24, 2.45) is 5.92 Å². The Labute approximate surface area is 214 Å². The number of pyridine rings is 1. The maximum absolute atomic E-state index is 10.6. The molecule has 4 rings (SSSR count). The molecule has 0 aromatic carbocycles. The van der Waals surface area contributed by atoms with Crippen molar-refractivity contribution in [2.45, 2.75) is 57.7 Å². The van der Waals surface area contributed by atoms with Gasteiger partial charge < -0.3 is 14.9 Å². The van der Waals surface area contributed by atoms with Gasteiger partial charge in [0.15, 0.2) is 0 Å². The fourth-order valence-corrected chi connectivity index (χ4v) is 3.44. The largest absolute Gasteiger partial charge is 0.490 e. The van der Waals surface area contributed by atoms with Crippen LogP contribution in [0.15, 0.2) is 30.6 Å². The number of hydrogen-bond donors (Lipinski definition) is 2. The van der Waals surface area contributed by atoms with Gasteiger partial charge in [-0.15, -0.1) is 0 Å². The number of fused-ring (bicyclic) bond motifs is 1. The highest BCUT2D eigenvalue weighted by Gasteiger charge is 2.39. The number of hydrogen-bond acceptors (Lipinski definition) is 6. The minimum absolute atomic E-state index is 0.365. The van der Waals surface area contributed by atoms with Crippen molar-refractivity contribution < 1.29 is 50.9 Å². The molecule has 1 aliphatic carbocycles. The third-order valence-corrected chi connectivity index (χ3v) is 5.42. The molecule has 1 atom stereocenters. The molecule has 2 aromatic rings. The molecule has 212 valence electrons. The van der Waals surface area contributed by atoms with Gasteiger partial charge in [-0.3, -0.25) is 14.6 Å². The zero-order chi connectivity index (χ0) is 28.5. The Kier molecular flexibility index (Phi) is 11.1. The van der Waals surface area contributed by atoms with Gasteiger partial charge in [-0.25, -0.2) is 9.59 Å². The van der Waals surface area contributed by atoms with E-state index in [1.165, 1.54) is 24.1 Å². The maximum Gasteiger partial charge on any atom is 0.490 e. The number of carboxylic acids is 2. The van der Waals surface area contributed by atoms with Crippen molar-refractivity contribution in [1.29, 1.82) is 0 Å². The second-order valence-electron chi connectivity index (χ2n) is 8.67. The number of aryl methyl sites for hydroxylation is 1. The molecule has 0 amide bonds. The summed E-state index contributed by atoms with van der Waals surface area (Å²) in [4.78, 5) is 24.7. The Bertz CT molecular complexity index is 1020. The summed E-state index contributed by atoms with van der Waals surface area (Å²) in [6.07, 6.45) is -3.41. The summed E-state index contributed by atoms with van der Waals surface area (Å²) in [6, 6.07) is 6.13. The summed E-state index contributed by atoms with van der Waals surface area (Å²) in [5, 5.41) is 19.0. The van der Waals surface area contributed by atoms with Gasteiger partial charge in [0, 0.05) is 56.7 Å². The summed E-state index contributed by atoms with van der Waals surface area (Å²) in [5.41, 5.74) is 3.71. The Morgan fingerprint density at radius 1 is 1.05 bits per heavy atom. The van der Waals surface area contributed by atoms with Crippen molar-refractivity contribution in [1.82, 2.24) is 19.7 Å². The van der Waals surface area contributed by atoms with Crippen LogP contribution in [0, 0.1) is 5.92 Å². The van der Waals surface area contributed by atoms with Gasteiger partial charge in [-0.05, 0) is 37.8 Å². The van der Waals surface area contributed by atoms with E-state index < -0.39 is 24.3 Å². The summed E-state index contributed by atoms with van der Waals surface area (Å²) in [5.74, 6) is -4.34. The highest BCUT2D eigenvalue weighted by atomic mass is 19.4.